The van der Waals surface area contributed by atoms with Crippen LogP contribution in [0.15, 0.2) is 47.4 Å². The lowest BCUT2D eigenvalue weighted by molar-refractivity contribution is 0.348. The Labute approximate surface area is 148 Å². The van der Waals surface area contributed by atoms with Crippen LogP contribution in [0.4, 0.5) is 15.8 Å². The zero-order valence-electron chi connectivity index (χ0n) is 14.9. The third-order valence-electron chi connectivity index (χ3n) is 3.91. The lowest BCUT2D eigenvalue weighted by Gasteiger charge is -2.28. The van der Waals surface area contributed by atoms with Gasteiger partial charge in [0.15, 0.2) is 0 Å². The van der Waals surface area contributed by atoms with Crippen molar-refractivity contribution in [2.75, 3.05) is 24.7 Å². The average Bonchev–Trinajstić information content (AvgIpc) is 2.52. The summed E-state index contributed by atoms with van der Waals surface area (Å²) in [5, 5.41) is 0. The van der Waals surface area contributed by atoms with Crippen molar-refractivity contribution in [3.63, 3.8) is 0 Å². The molecule has 5 nitrogen and oxygen atoms in total. The Morgan fingerprint density at radius 3 is 2.20 bits per heavy atom. The number of benzene rings is 2. The number of halogens is 1. The number of hydrogen-bond acceptors (Lipinski definition) is 4. The summed E-state index contributed by atoms with van der Waals surface area (Å²) in [6, 6.07) is 10.0. The van der Waals surface area contributed by atoms with Crippen molar-refractivity contribution in [1.82, 2.24) is 4.31 Å². The SMILES string of the molecule is CC(C)N(Cc1cc(N)ccc1N(C)C)S(=O)(=O)c1ccc(F)cc1. The number of nitrogens with zero attached hydrogens (tertiary/aromatic N) is 2. The molecule has 0 fully saturated rings. The minimum absolute atomic E-state index is 0.0675. The molecule has 0 heterocycles. The van der Waals surface area contributed by atoms with Crippen molar-refractivity contribution in [1.29, 1.82) is 0 Å². The monoisotopic (exact) mass is 365 g/mol. The molecule has 0 aliphatic heterocycles. The molecule has 2 aromatic rings. The lowest BCUT2D eigenvalue weighted by Crippen LogP contribution is -2.36. The number of anilines is 2. The maximum absolute atomic E-state index is 13.1. The van der Waals surface area contributed by atoms with Gasteiger partial charge in [-0.1, -0.05) is 0 Å². The fourth-order valence-electron chi connectivity index (χ4n) is 2.62. The van der Waals surface area contributed by atoms with E-state index in [-0.39, 0.29) is 17.5 Å². The lowest BCUT2D eigenvalue weighted by atomic mass is 10.1. The van der Waals surface area contributed by atoms with E-state index in [0.717, 1.165) is 23.4 Å². The maximum atomic E-state index is 13.1. The first-order valence-electron chi connectivity index (χ1n) is 7.96. The van der Waals surface area contributed by atoms with Crippen LogP contribution in [0.2, 0.25) is 0 Å². The third kappa shape index (κ3) is 4.29. The Morgan fingerprint density at radius 1 is 1.08 bits per heavy atom. The number of nitrogen functional groups attached to an aromatic ring is 1. The molecule has 2 rings (SSSR count). The molecule has 2 aromatic carbocycles. The molecular formula is C18H24FN3O2S. The van der Waals surface area contributed by atoms with Crippen molar-refractivity contribution in [2.24, 2.45) is 0 Å². The normalized spacial score (nSPS) is 12.0. The highest BCUT2D eigenvalue weighted by Gasteiger charge is 2.28. The van der Waals surface area contributed by atoms with Gasteiger partial charge in [-0.25, -0.2) is 12.8 Å². The van der Waals surface area contributed by atoms with Crippen LogP contribution in [0, 0.1) is 5.82 Å². The minimum atomic E-state index is -3.76. The van der Waals surface area contributed by atoms with E-state index in [9.17, 15) is 12.8 Å². The summed E-state index contributed by atoms with van der Waals surface area (Å²) in [6.07, 6.45) is 0. The highest BCUT2D eigenvalue weighted by molar-refractivity contribution is 7.89. The zero-order chi connectivity index (χ0) is 18.8. The predicted molar refractivity (Wildman–Crippen MR) is 99.4 cm³/mol. The molecule has 0 saturated heterocycles. The molecular weight excluding hydrogens is 341 g/mol. The van der Waals surface area contributed by atoms with Crippen LogP contribution in [0.3, 0.4) is 0 Å². The van der Waals surface area contributed by atoms with Gasteiger partial charge in [0.1, 0.15) is 5.82 Å². The summed E-state index contributed by atoms with van der Waals surface area (Å²) in [4.78, 5) is 1.98. The van der Waals surface area contributed by atoms with E-state index in [2.05, 4.69) is 0 Å². The summed E-state index contributed by atoms with van der Waals surface area (Å²) >= 11 is 0. The molecule has 2 N–H and O–H groups in total. The fraction of sp³-hybridized carbons (Fsp3) is 0.333. The van der Waals surface area contributed by atoms with Crippen LogP contribution in [-0.4, -0.2) is 32.9 Å². The van der Waals surface area contributed by atoms with Crippen LogP contribution in [0.25, 0.3) is 0 Å². The first kappa shape index (κ1) is 19.2. The molecule has 0 aromatic heterocycles. The minimum Gasteiger partial charge on any atom is -0.399 e. The van der Waals surface area contributed by atoms with Crippen LogP contribution >= 0.6 is 0 Å². The largest absolute Gasteiger partial charge is 0.399 e. The zero-order valence-corrected chi connectivity index (χ0v) is 15.7. The molecule has 0 spiro atoms. The number of sulfonamides is 1. The van der Waals surface area contributed by atoms with Crippen molar-refractivity contribution in [3.8, 4) is 0 Å². The van der Waals surface area contributed by atoms with E-state index in [4.69, 9.17) is 5.73 Å². The molecule has 0 unspecified atom stereocenters. The molecule has 0 aliphatic carbocycles. The Bertz CT molecular complexity index is 834. The Kier molecular flexibility index (Phi) is 5.69. The quantitative estimate of drug-likeness (QED) is 0.799. The first-order chi connectivity index (χ1) is 11.6. The van der Waals surface area contributed by atoms with Crippen molar-refractivity contribution in [3.05, 3.63) is 53.8 Å². The number of nitrogens with two attached hydrogens (primary N) is 1. The Morgan fingerprint density at radius 2 is 1.68 bits per heavy atom. The molecule has 0 radical (unpaired) electrons. The Hall–Kier alpha value is -2.12. The van der Waals surface area contributed by atoms with Gasteiger partial charge in [0.05, 0.1) is 4.90 Å². The standard InChI is InChI=1S/C18H24FN3O2S/c1-13(2)22(25(23,24)17-8-5-15(19)6-9-17)12-14-11-16(20)7-10-18(14)21(3)4/h5-11,13H,12,20H2,1-4H3. The van der Waals surface area contributed by atoms with Gasteiger partial charge in [-0.15, -0.1) is 0 Å². The number of hydrogen-bond donors (Lipinski definition) is 1. The second kappa shape index (κ2) is 7.41. The molecule has 0 atom stereocenters. The smallest absolute Gasteiger partial charge is 0.243 e. The van der Waals surface area contributed by atoms with E-state index in [1.165, 1.54) is 16.4 Å². The molecule has 136 valence electrons. The summed E-state index contributed by atoms with van der Waals surface area (Å²) in [7, 11) is 0.0209. The number of rotatable bonds is 6. The van der Waals surface area contributed by atoms with Crippen LogP contribution < -0.4 is 10.6 Å². The van der Waals surface area contributed by atoms with Gasteiger partial charge >= 0.3 is 0 Å². The highest BCUT2D eigenvalue weighted by Crippen LogP contribution is 2.27. The molecule has 7 heteroatoms. The highest BCUT2D eigenvalue weighted by atomic mass is 32.2. The first-order valence-corrected chi connectivity index (χ1v) is 9.40. The average molecular weight is 365 g/mol. The van der Waals surface area contributed by atoms with Gasteiger partial charge < -0.3 is 10.6 Å². The van der Waals surface area contributed by atoms with Crippen molar-refractivity contribution in [2.45, 2.75) is 31.3 Å². The van der Waals surface area contributed by atoms with Gasteiger partial charge in [-0.3, -0.25) is 0 Å². The van der Waals surface area contributed by atoms with Gasteiger partial charge in [0.2, 0.25) is 10.0 Å². The fourth-order valence-corrected chi connectivity index (χ4v) is 4.24. The summed E-state index contributed by atoms with van der Waals surface area (Å²) in [5.74, 6) is -0.472. The molecule has 0 saturated carbocycles. The summed E-state index contributed by atoms with van der Waals surface area (Å²) in [6.45, 7) is 3.79. The molecule has 25 heavy (non-hydrogen) atoms. The topological polar surface area (TPSA) is 66.6 Å². The Balaban J connectivity index is 2.46. The van der Waals surface area contributed by atoms with Crippen LogP contribution in [-0.2, 0) is 16.6 Å². The second-order valence-corrected chi connectivity index (χ2v) is 8.27. The van der Waals surface area contributed by atoms with Gasteiger partial charge in [-0.05, 0) is 61.9 Å². The van der Waals surface area contributed by atoms with E-state index >= 15 is 0 Å². The van der Waals surface area contributed by atoms with Gasteiger partial charge in [-0.2, -0.15) is 4.31 Å². The third-order valence-corrected chi connectivity index (χ3v) is 5.94. The van der Waals surface area contributed by atoms with E-state index < -0.39 is 15.8 Å². The molecule has 0 amide bonds. The molecule has 0 aliphatic rings. The summed E-state index contributed by atoms with van der Waals surface area (Å²) < 4.78 is 40.6. The second-order valence-electron chi connectivity index (χ2n) is 6.38. The van der Waals surface area contributed by atoms with Gasteiger partial charge in [0, 0.05) is 38.1 Å². The van der Waals surface area contributed by atoms with Crippen molar-refractivity contribution < 1.29 is 12.8 Å². The van der Waals surface area contributed by atoms with Crippen LogP contribution in [0.5, 0.6) is 0 Å². The predicted octanol–water partition coefficient (Wildman–Crippen LogP) is 3.07. The van der Waals surface area contributed by atoms with E-state index in [0.29, 0.717) is 5.69 Å². The van der Waals surface area contributed by atoms with E-state index in [1.54, 1.807) is 12.1 Å². The van der Waals surface area contributed by atoms with Gasteiger partial charge in [0.25, 0.3) is 0 Å². The molecule has 0 bridgehead atoms. The van der Waals surface area contributed by atoms with E-state index in [1.807, 2.05) is 38.9 Å². The van der Waals surface area contributed by atoms with Crippen molar-refractivity contribution >= 4 is 21.4 Å². The maximum Gasteiger partial charge on any atom is 0.243 e. The van der Waals surface area contributed by atoms with Crippen LogP contribution in [0.1, 0.15) is 19.4 Å². The summed E-state index contributed by atoms with van der Waals surface area (Å²) in [5.41, 5.74) is 8.17.